The molecule has 0 spiro atoms. The SMILES string of the molecule is COc1cccc(C(=O)NCCc2nnc(NC(=O)c3cc(OC)cc(OC)c3)s2)c1. The van der Waals surface area contributed by atoms with Gasteiger partial charge < -0.3 is 19.5 Å². The number of nitrogens with zero attached hydrogens (tertiary/aromatic N) is 2. The summed E-state index contributed by atoms with van der Waals surface area (Å²) in [5.74, 6) is 1.07. The largest absolute Gasteiger partial charge is 0.497 e. The molecule has 0 atom stereocenters. The Morgan fingerprint density at radius 2 is 1.55 bits per heavy atom. The second-order valence-corrected chi connectivity index (χ2v) is 7.36. The van der Waals surface area contributed by atoms with Gasteiger partial charge in [-0.3, -0.25) is 14.9 Å². The van der Waals surface area contributed by atoms with Crippen molar-refractivity contribution in [2.24, 2.45) is 0 Å². The molecule has 1 aromatic heterocycles. The normalized spacial score (nSPS) is 10.3. The van der Waals surface area contributed by atoms with Crippen LogP contribution >= 0.6 is 11.3 Å². The highest BCUT2D eigenvalue weighted by molar-refractivity contribution is 7.15. The smallest absolute Gasteiger partial charge is 0.257 e. The zero-order valence-electron chi connectivity index (χ0n) is 17.3. The van der Waals surface area contributed by atoms with Crippen molar-refractivity contribution in [3.8, 4) is 17.2 Å². The molecular weight excluding hydrogens is 420 g/mol. The minimum absolute atomic E-state index is 0.205. The van der Waals surface area contributed by atoms with Gasteiger partial charge in [-0.2, -0.15) is 0 Å². The zero-order valence-corrected chi connectivity index (χ0v) is 18.1. The molecule has 0 aliphatic heterocycles. The van der Waals surface area contributed by atoms with E-state index in [0.29, 0.717) is 51.5 Å². The van der Waals surface area contributed by atoms with Gasteiger partial charge >= 0.3 is 0 Å². The maximum atomic E-state index is 12.5. The molecule has 9 nitrogen and oxygen atoms in total. The molecule has 31 heavy (non-hydrogen) atoms. The van der Waals surface area contributed by atoms with Crippen LogP contribution in [0.25, 0.3) is 0 Å². The van der Waals surface area contributed by atoms with E-state index in [1.807, 2.05) is 0 Å². The number of aromatic nitrogens is 2. The summed E-state index contributed by atoms with van der Waals surface area (Å²) in [5.41, 5.74) is 0.886. The van der Waals surface area contributed by atoms with Crippen molar-refractivity contribution in [2.75, 3.05) is 33.2 Å². The van der Waals surface area contributed by atoms with E-state index < -0.39 is 0 Å². The Kier molecular flexibility index (Phi) is 7.39. The first-order chi connectivity index (χ1) is 15.0. The van der Waals surface area contributed by atoms with Crippen LogP contribution in [0.2, 0.25) is 0 Å². The Balaban J connectivity index is 1.54. The molecule has 0 saturated heterocycles. The van der Waals surface area contributed by atoms with Crippen LogP contribution in [0.1, 0.15) is 25.7 Å². The standard InChI is InChI=1S/C21H22N4O5S/c1-28-15-6-4-5-13(9-15)19(26)22-8-7-18-24-25-21(31-18)23-20(27)14-10-16(29-2)12-17(11-14)30-3/h4-6,9-12H,7-8H2,1-3H3,(H,22,26)(H,23,25,27). The highest BCUT2D eigenvalue weighted by Crippen LogP contribution is 2.24. The first-order valence-electron chi connectivity index (χ1n) is 9.31. The van der Waals surface area contributed by atoms with Gasteiger partial charge in [-0.25, -0.2) is 0 Å². The second kappa shape index (κ2) is 10.4. The monoisotopic (exact) mass is 442 g/mol. The summed E-state index contributed by atoms with van der Waals surface area (Å²) in [7, 11) is 4.58. The summed E-state index contributed by atoms with van der Waals surface area (Å²) in [6, 6.07) is 11.8. The van der Waals surface area contributed by atoms with E-state index in [9.17, 15) is 9.59 Å². The van der Waals surface area contributed by atoms with Crippen molar-refractivity contribution < 1.29 is 23.8 Å². The first kappa shape index (κ1) is 22.0. The molecule has 3 aromatic rings. The minimum Gasteiger partial charge on any atom is -0.497 e. The number of anilines is 1. The predicted octanol–water partition coefficient (Wildman–Crippen LogP) is 2.79. The molecule has 1 heterocycles. The fourth-order valence-corrected chi connectivity index (χ4v) is 3.40. The lowest BCUT2D eigenvalue weighted by Gasteiger charge is -2.07. The molecular formula is C21H22N4O5S. The van der Waals surface area contributed by atoms with Gasteiger partial charge in [-0.1, -0.05) is 17.4 Å². The third-order valence-electron chi connectivity index (χ3n) is 4.26. The molecule has 3 rings (SSSR count). The van der Waals surface area contributed by atoms with E-state index in [2.05, 4.69) is 20.8 Å². The van der Waals surface area contributed by atoms with Crippen molar-refractivity contribution in [3.05, 3.63) is 58.6 Å². The number of methoxy groups -OCH3 is 3. The van der Waals surface area contributed by atoms with Crippen molar-refractivity contribution in [2.45, 2.75) is 6.42 Å². The molecule has 0 bridgehead atoms. The predicted molar refractivity (Wildman–Crippen MR) is 116 cm³/mol. The van der Waals surface area contributed by atoms with Crippen LogP contribution in [0, 0.1) is 0 Å². The van der Waals surface area contributed by atoms with E-state index in [4.69, 9.17) is 14.2 Å². The van der Waals surface area contributed by atoms with Crippen LogP contribution in [0.15, 0.2) is 42.5 Å². The highest BCUT2D eigenvalue weighted by Gasteiger charge is 2.13. The number of hydrogen-bond acceptors (Lipinski definition) is 8. The van der Waals surface area contributed by atoms with Gasteiger partial charge in [0.25, 0.3) is 11.8 Å². The van der Waals surface area contributed by atoms with Crippen LogP contribution in [-0.2, 0) is 6.42 Å². The van der Waals surface area contributed by atoms with Gasteiger partial charge in [0.1, 0.15) is 22.3 Å². The molecule has 10 heteroatoms. The summed E-state index contributed by atoms with van der Waals surface area (Å²) in [6.45, 7) is 0.381. The van der Waals surface area contributed by atoms with Crippen molar-refractivity contribution >= 4 is 28.3 Å². The lowest BCUT2D eigenvalue weighted by Crippen LogP contribution is -2.25. The molecule has 0 unspecified atom stereocenters. The Hall–Kier alpha value is -3.66. The van der Waals surface area contributed by atoms with Crippen molar-refractivity contribution in [3.63, 3.8) is 0 Å². The molecule has 0 saturated carbocycles. The number of amides is 2. The van der Waals surface area contributed by atoms with Crippen molar-refractivity contribution in [1.82, 2.24) is 15.5 Å². The Morgan fingerprint density at radius 1 is 0.871 bits per heavy atom. The summed E-state index contributed by atoms with van der Waals surface area (Å²) in [6.07, 6.45) is 0.482. The maximum absolute atomic E-state index is 12.5. The number of ether oxygens (including phenoxy) is 3. The number of carbonyl (C=O) groups excluding carboxylic acids is 2. The minimum atomic E-state index is -0.355. The molecule has 2 amide bonds. The van der Waals surface area contributed by atoms with Gasteiger partial charge in [-0.05, 0) is 30.3 Å². The fraction of sp³-hybridized carbons (Fsp3) is 0.238. The van der Waals surface area contributed by atoms with E-state index in [1.54, 1.807) is 49.6 Å². The summed E-state index contributed by atoms with van der Waals surface area (Å²) in [4.78, 5) is 24.8. The number of benzene rings is 2. The quantitative estimate of drug-likeness (QED) is 0.524. The van der Waals surface area contributed by atoms with Crippen LogP contribution in [0.4, 0.5) is 5.13 Å². The Bertz CT molecular complexity index is 1050. The van der Waals surface area contributed by atoms with Gasteiger partial charge in [0.2, 0.25) is 5.13 Å². The fourth-order valence-electron chi connectivity index (χ4n) is 2.66. The van der Waals surface area contributed by atoms with Gasteiger partial charge in [0.15, 0.2) is 0 Å². The zero-order chi connectivity index (χ0) is 22.2. The molecule has 0 aliphatic rings. The number of hydrogen-bond donors (Lipinski definition) is 2. The average molecular weight is 442 g/mol. The van der Waals surface area contributed by atoms with E-state index in [0.717, 1.165) is 0 Å². The molecule has 2 N–H and O–H groups in total. The Labute approximate surface area is 183 Å². The van der Waals surface area contributed by atoms with E-state index >= 15 is 0 Å². The topological polar surface area (TPSA) is 112 Å². The van der Waals surface area contributed by atoms with Crippen LogP contribution in [0.5, 0.6) is 17.2 Å². The second-order valence-electron chi connectivity index (χ2n) is 6.29. The van der Waals surface area contributed by atoms with Gasteiger partial charge in [0, 0.05) is 30.2 Å². The summed E-state index contributed by atoms with van der Waals surface area (Å²) >= 11 is 1.24. The average Bonchev–Trinajstić information content (AvgIpc) is 3.25. The Morgan fingerprint density at radius 3 is 2.23 bits per heavy atom. The number of carbonyl (C=O) groups is 2. The lowest BCUT2D eigenvalue weighted by atomic mass is 10.2. The van der Waals surface area contributed by atoms with E-state index in [-0.39, 0.29) is 11.8 Å². The van der Waals surface area contributed by atoms with Crippen LogP contribution in [0.3, 0.4) is 0 Å². The molecule has 0 fully saturated rings. The van der Waals surface area contributed by atoms with Gasteiger partial charge in [-0.15, -0.1) is 10.2 Å². The maximum Gasteiger partial charge on any atom is 0.257 e. The molecule has 162 valence electrons. The summed E-state index contributed by atoms with van der Waals surface area (Å²) < 4.78 is 15.5. The lowest BCUT2D eigenvalue weighted by molar-refractivity contribution is 0.0953. The number of nitrogens with one attached hydrogen (secondary N) is 2. The third kappa shape index (κ3) is 5.92. The first-order valence-corrected chi connectivity index (χ1v) is 10.1. The molecule has 0 radical (unpaired) electrons. The highest BCUT2D eigenvalue weighted by atomic mass is 32.1. The molecule has 0 aliphatic carbocycles. The third-order valence-corrected chi connectivity index (χ3v) is 5.16. The van der Waals surface area contributed by atoms with E-state index in [1.165, 1.54) is 25.6 Å². The van der Waals surface area contributed by atoms with Crippen LogP contribution < -0.4 is 24.8 Å². The van der Waals surface area contributed by atoms with Crippen LogP contribution in [-0.4, -0.2) is 49.9 Å². The number of rotatable bonds is 9. The van der Waals surface area contributed by atoms with Crippen molar-refractivity contribution in [1.29, 1.82) is 0 Å². The van der Waals surface area contributed by atoms with Gasteiger partial charge in [0.05, 0.1) is 21.3 Å². The molecule has 2 aromatic carbocycles. The summed E-state index contributed by atoms with van der Waals surface area (Å²) in [5, 5.41) is 14.6.